The van der Waals surface area contributed by atoms with Crippen molar-refractivity contribution in [2.24, 2.45) is 0 Å². The van der Waals surface area contributed by atoms with E-state index in [1.165, 1.54) is 11.3 Å². The van der Waals surface area contributed by atoms with Crippen LogP contribution in [0.5, 0.6) is 0 Å². The minimum absolute atomic E-state index is 0.305. The summed E-state index contributed by atoms with van der Waals surface area (Å²) < 4.78 is 3.98. The lowest BCUT2D eigenvalue weighted by Gasteiger charge is -2.14. The van der Waals surface area contributed by atoms with Gasteiger partial charge in [-0.1, -0.05) is 6.92 Å². The maximum Gasteiger partial charge on any atom is 0.148 e. The Morgan fingerprint density at radius 3 is 2.57 bits per heavy atom. The zero-order valence-corrected chi connectivity index (χ0v) is 13.9. The number of aromatic nitrogens is 5. The summed E-state index contributed by atoms with van der Waals surface area (Å²) in [6, 6.07) is 0.617. The van der Waals surface area contributed by atoms with E-state index >= 15 is 0 Å². The van der Waals surface area contributed by atoms with Crippen LogP contribution < -0.4 is 5.32 Å². The van der Waals surface area contributed by atoms with Crippen LogP contribution in [0.15, 0.2) is 6.33 Å². The van der Waals surface area contributed by atoms with Crippen LogP contribution in [0.3, 0.4) is 0 Å². The third kappa shape index (κ3) is 3.15. The van der Waals surface area contributed by atoms with E-state index in [0.717, 1.165) is 18.1 Å². The monoisotopic (exact) mass is 290 g/mol. The summed E-state index contributed by atoms with van der Waals surface area (Å²) in [7, 11) is 0. The first-order valence-corrected chi connectivity index (χ1v) is 7.61. The van der Waals surface area contributed by atoms with Crippen molar-refractivity contribution in [1.29, 1.82) is 0 Å². The van der Waals surface area contributed by atoms with Crippen LogP contribution in [0.25, 0.3) is 0 Å². The zero-order chi connectivity index (χ0) is 15.6. The molecule has 1 atom stereocenters. The predicted octanol–water partition coefficient (Wildman–Crippen LogP) is 2.39. The van der Waals surface area contributed by atoms with Crippen LogP contribution >= 0.6 is 0 Å². The first-order chi connectivity index (χ1) is 9.95. The van der Waals surface area contributed by atoms with Gasteiger partial charge in [0.2, 0.25) is 0 Å². The molecule has 0 saturated heterocycles. The second-order valence-corrected chi connectivity index (χ2v) is 5.74. The number of rotatable bonds is 6. The summed E-state index contributed by atoms with van der Waals surface area (Å²) in [5.74, 6) is 0.943. The van der Waals surface area contributed by atoms with Gasteiger partial charge in [-0.2, -0.15) is 10.2 Å². The summed E-state index contributed by atoms with van der Waals surface area (Å²) in [6.45, 7) is 14.3. The van der Waals surface area contributed by atoms with Crippen LogP contribution in [0, 0.1) is 13.8 Å². The normalized spacial score (nSPS) is 13.1. The van der Waals surface area contributed by atoms with Gasteiger partial charge in [0.15, 0.2) is 0 Å². The molecule has 1 N–H and O–H groups in total. The molecule has 0 saturated carbocycles. The minimum atomic E-state index is 0.305. The fourth-order valence-electron chi connectivity index (χ4n) is 2.85. The fourth-order valence-corrected chi connectivity index (χ4v) is 2.85. The van der Waals surface area contributed by atoms with Crippen LogP contribution in [-0.2, 0) is 6.54 Å². The van der Waals surface area contributed by atoms with Crippen molar-refractivity contribution in [1.82, 2.24) is 29.9 Å². The van der Waals surface area contributed by atoms with Crippen molar-refractivity contribution in [2.45, 2.75) is 60.2 Å². The Balaban J connectivity index is 2.29. The van der Waals surface area contributed by atoms with Gasteiger partial charge < -0.3 is 5.32 Å². The Morgan fingerprint density at radius 1 is 1.24 bits per heavy atom. The number of nitrogens with one attached hydrogen (secondary N) is 1. The zero-order valence-electron chi connectivity index (χ0n) is 13.9. The van der Waals surface area contributed by atoms with E-state index in [1.54, 1.807) is 6.33 Å². The van der Waals surface area contributed by atoms with Crippen molar-refractivity contribution in [3.63, 3.8) is 0 Å². The topological polar surface area (TPSA) is 60.6 Å². The number of hydrogen-bond donors (Lipinski definition) is 1. The van der Waals surface area contributed by atoms with Crippen molar-refractivity contribution in [2.75, 3.05) is 6.54 Å². The van der Waals surface area contributed by atoms with Gasteiger partial charge in [0.25, 0.3) is 0 Å². The van der Waals surface area contributed by atoms with Crippen LogP contribution in [-0.4, -0.2) is 31.1 Å². The Kier molecular flexibility index (Phi) is 4.77. The summed E-state index contributed by atoms with van der Waals surface area (Å²) >= 11 is 0. The van der Waals surface area contributed by atoms with E-state index in [1.807, 2.05) is 9.36 Å². The SMILES string of the molecule is CCNC(C)c1c(C)nn(Cc2ncnn2C(C)C)c1C. The van der Waals surface area contributed by atoms with E-state index in [0.29, 0.717) is 18.6 Å². The first kappa shape index (κ1) is 15.7. The van der Waals surface area contributed by atoms with Gasteiger partial charge >= 0.3 is 0 Å². The molecule has 0 aliphatic heterocycles. The molecule has 2 heterocycles. The summed E-state index contributed by atoms with van der Waals surface area (Å²) in [5.41, 5.74) is 3.56. The number of aryl methyl sites for hydroxylation is 1. The lowest BCUT2D eigenvalue weighted by Crippen LogP contribution is -2.19. The van der Waals surface area contributed by atoms with Crippen molar-refractivity contribution < 1.29 is 0 Å². The molecule has 0 aliphatic rings. The van der Waals surface area contributed by atoms with Gasteiger partial charge in [-0.15, -0.1) is 0 Å². The molecule has 116 valence electrons. The van der Waals surface area contributed by atoms with Gasteiger partial charge in [-0.05, 0) is 41.2 Å². The third-order valence-corrected chi connectivity index (χ3v) is 3.81. The van der Waals surface area contributed by atoms with Gasteiger partial charge in [0.1, 0.15) is 18.7 Å². The Hall–Kier alpha value is -1.69. The highest BCUT2D eigenvalue weighted by Gasteiger charge is 2.18. The molecule has 2 aromatic rings. The molecule has 0 spiro atoms. The van der Waals surface area contributed by atoms with Gasteiger partial charge in [0, 0.05) is 23.3 Å². The molecule has 0 aliphatic carbocycles. The quantitative estimate of drug-likeness (QED) is 0.887. The average Bonchev–Trinajstić information content (AvgIpc) is 2.96. The highest BCUT2D eigenvalue weighted by Crippen LogP contribution is 2.22. The van der Waals surface area contributed by atoms with Crippen molar-refractivity contribution in [3.8, 4) is 0 Å². The molecule has 0 amide bonds. The van der Waals surface area contributed by atoms with E-state index in [4.69, 9.17) is 0 Å². The summed E-state index contributed by atoms with van der Waals surface area (Å²) in [6.07, 6.45) is 1.61. The van der Waals surface area contributed by atoms with Crippen molar-refractivity contribution in [3.05, 3.63) is 29.1 Å². The van der Waals surface area contributed by atoms with Gasteiger partial charge in [-0.3, -0.25) is 4.68 Å². The largest absolute Gasteiger partial charge is 0.310 e. The average molecular weight is 290 g/mol. The lowest BCUT2D eigenvalue weighted by atomic mass is 10.1. The molecular formula is C15H26N6. The Labute approximate surface area is 126 Å². The van der Waals surface area contributed by atoms with E-state index in [9.17, 15) is 0 Å². The van der Waals surface area contributed by atoms with Crippen LogP contribution in [0.1, 0.15) is 62.6 Å². The molecule has 0 aromatic carbocycles. The minimum Gasteiger partial charge on any atom is -0.310 e. The Morgan fingerprint density at radius 2 is 1.95 bits per heavy atom. The third-order valence-electron chi connectivity index (χ3n) is 3.81. The molecule has 0 radical (unpaired) electrons. The highest BCUT2D eigenvalue weighted by molar-refractivity contribution is 5.28. The van der Waals surface area contributed by atoms with Crippen LogP contribution in [0.2, 0.25) is 0 Å². The van der Waals surface area contributed by atoms with Gasteiger partial charge in [-0.25, -0.2) is 9.67 Å². The molecular weight excluding hydrogens is 264 g/mol. The van der Waals surface area contributed by atoms with E-state index in [2.05, 4.69) is 62.0 Å². The maximum absolute atomic E-state index is 4.68. The van der Waals surface area contributed by atoms with Gasteiger partial charge in [0.05, 0.1) is 5.69 Å². The number of nitrogens with zero attached hydrogens (tertiary/aromatic N) is 5. The van der Waals surface area contributed by atoms with E-state index in [-0.39, 0.29) is 0 Å². The molecule has 0 bridgehead atoms. The second-order valence-electron chi connectivity index (χ2n) is 5.74. The van der Waals surface area contributed by atoms with E-state index < -0.39 is 0 Å². The maximum atomic E-state index is 4.68. The molecule has 6 heteroatoms. The molecule has 21 heavy (non-hydrogen) atoms. The van der Waals surface area contributed by atoms with Crippen molar-refractivity contribution >= 4 is 0 Å². The molecule has 1 unspecified atom stereocenters. The smallest absolute Gasteiger partial charge is 0.148 e. The summed E-state index contributed by atoms with van der Waals surface area (Å²) in [5, 5.41) is 12.4. The Bertz CT molecular complexity index is 595. The van der Waals surface area contributed by atoms with Crippen LogP contribution in [0.4, 0.5) is 0 Å². The second kappa shape index (κ2) is 6.39. The first-order valence-electron chi connectivity index (χ1n) is 7.61. The standard InChI is InChI=1S/C15H26N6/c1-7-16-11(4)15-12(5)19-20(13(15)6)8-14-17-9-18-21(14)10(2)3/h9-11,16H,7-8H2,1-6H3. The predicted molar refractivity (Wildman–Crippen MR) is 83.3 cm³/mol. The highest BCUT2D eigenvalue weighted by atomic mass is 15.4. The fraction of sp³-hybridized carbons (Fsp3) is 0.667. The molecule has 0 fully saturated rings. The molecule has 2 aromatic heterocycles. The molecule has 2 rings (SSSR count). The number of hydrogen-bond acceptors (Lipinski definition) is 4. The molecule has 6 nitrogen and oxygen atoms in total. The summed E-state index contributed by atoms with van der Waals surface area (Å²) in [4.78, 5) is 4.37. The lowest BCUT2D eigenvalue weighted by molar-refractivity contribution is 0.484.